The summed E-state index contributed by atoms with van der Waals surface area (Å²) in [6, 6.07) is 0. The molecule has 5 heteroatoms. The molecule has 0 saturated carbocycles. The molecule has 16 heavy (non-hydrogen) atoms. The molecule has 0 aliphatic carbocycles. The molecular formula is C11H21ClN4. The SMILES string of the molecule is CCCn1cnc(Cl)c1CN(C)CCNC. The Balaban J connectivity index is 2.60. The Hall–Kier alpha value is -0.580. The van der Waals surface area contributed by atoms with Gasteiger partial charge in [-0.3, -0.25) is 4.90 Å². The zero-order valence-corrected chi connectivity index (χ0v) is 11.1. The van der Waals surface area contributed by atoms with E-state index in [1.165, 1.54) is 0 Å². The summed E-state index contributed by atoms with van der Waals surface area (Å²) in [7, 11) is 4.05. The second-order valence-electron chi connectivity index (χ2n) is 4.02. The van der Waals surface area contributed by atoms with Gasteiger partial charge in [0.25, 0.3) is 0 Å². The summed E-state index contributed by atoms with van der Waals surface area (Å²) in [6.07, 6.45) is 2.92. The normalized spacial score (nSPS) is 11.3. The second kappa shape index (κ2) is 6.89. The van der Waals surface area contributed by atoms with Gasteiger partial charge < -0.3 is 9.88 Å². The molecule has 1 aromatic heterocycles. The van der Waals surface area contributed by atoms with Crippen LogP contribution in [0.25, 0.3) is 0 Å². The van der Waals surface area contributed by atoms with Gasteiger partial charge in [0, 0.05) is 26.2 Å². The van der Waals surface area contributed by atoms with Crippen LogP contribution in [-0.2, 0) is 13.1 Å². The van der Waals surface area contributed by atoms with Crippen molar-refractivity contribution in [3.63, 3.8) is 0 Å². The number of likely N-dealkylation sites (N-methyl/N-ethyl adjacent to an activating group) is 2. The lowest BCUT2D eigenvalue weighted by atomic mass is 10.4. The van der Waals surface area contributed by atoms with Crippen molar-refractivity contribution < 1.29 is 0 Å². The van der Waals surface area contributed by atoms with Gasteiger partial charge in [-0.2, -0.15) is 0 Å². The summed E-state index contributed by atoms with van der Waals surface area (Å²) >= 11 is 6.08. The topological polar surface area (TPSA) is 33.1 Å². The van der Waals surface area contributed by atoms with E-state index in [1.54, 1.807) is 0 Å². The van der Waals surface area contributed by atoms with Crippen LogP contribution in [0.15, 0.2) is 6.33 Å². The lowest BCUT2D eigenvalue weighted by molar-refractivity contribution is 0.318. The third-order valence-electron chi connectivity index (χ3n) is 2.52. The van der Waals surface area contributed by atoms with E-state index in [1.807, 2.05) is 13.4 Å². The first-order valence-corrected chi connectivity index (χ1v) is 6.09. The smallest absolute Gasteiger partial charge is 0.151 e. The Morgan fingerprint density at radius 3 is 2.94 bits per heavy atom. The number of aryl methyl sites for hydroxylation is 1. The van der Waals surface area contributed by atoms with Crippen LogP contribution in [0.4, 0.5) is 0 Å². The Kier molecular flexibility index (Phi) is 5.80. The molecule has 0 aromatic carbocycles. The van der Waals surface area contributed by atoms with Gasteiger partial charge in [-0.05, 0) is 20.5 Å². The van der Waals surface area contributed by atoms with Gasteiger partial charge in [0.1, 0.15) is 0 Å². The quantitative estimate of drug-likeness (QED) is 0.791. The monoisotopic (exact) mass is 244 g/mol. The number of hydrogen-bond donors (Lipinski definition) is 1. The van der Waals surface area contributed by atoms with Crippen LogP contribution in [0.5, 0.6) is 0 Å². The number of aromatic nitrogens is 2. The molecule has 0 bridgehead atoms. The van der Waals surface area contributed by atoms with E-state index in [4.69, 9.17) is 11.6 Å². The first-order chi connectivity index (χ1) is 7.69. The van der Waals surface area contributed by atoms with Crippen molar-refractivity contribution in [2.24, 2.45) is 0 Å². The van der Waals surface area contributed by atoms with E-state index in [9.17, 15) is 0 Å². The van der Waals surface area contributed by atoms with Crippen LogP contribution >= 0.6 is 11.6 Å². The summed E-state index contributed by atoms with van der Waals surface area (Å²) in [5.41, 5.74) is 1.11. The molecule has 0 amide bonds. The number of nitrogens with zero attached hydrogens (tertiary/aromatic N) is 3. The molecule has 0 radical (unpaired) electrons. The molecule has 0 fully saturated rings. The number of halogens is 1. The van der Waals surface area contributed by atoms with Crippen LogP contribution in [0.3, 0.4) is 0 Å². The standard InChI is InChI=1S/C11H21ClN4/c1-4-6-16-9-14-11(12)10(16)8-15(3)7-5-13-2/h9,13H,4-8H2,1-3H3. The maximum absolute atomic E-state index is 6.08. The van der Waals surface area contributed by atoms with Crippen molar-refractivity contribution in [2.75, 3.05) is 27.2 Å². The van der Waals surface area contributed by atoms with Crippen molar-refractivity contribution in [1.82, 2.24) is 19.8 Å². The maximum atomic E-state index is 6.08. The van der Waals surface area contributed by atoms with E-state index in [2.05, 4.69) is 33.7 Å². The maximum Gasteiger partial charge on any atom is 0.151 e. The van der Waals surface area contributed by atoms with Crippen LogP contribution in [0, 0.1) is 0 Å². The van der Waals surface area contributed by atoms with Crippen molar-refractivity contribution in [2.45, 2.75) is 26.4 Å². The minimum absolute atomic E-state index is 0.629. The van der Waals surface area contributed by atoms with Gasteiger partial charge in [-0.25, -0.2) is 4.98 Å². The fraction of sp³-hybridized carbons (Fsp3) is 0.727. The van der Waals surface area contributed by atoms with E-state index in [0.717, 1.165) is 38.3 Å². The third-order valence-corrected chi connectivity index (χ3v) is 2.84. The molecule has 1 N–H and O–H groups in total. The van der Waals surface area contributed by atoms with Crippen LogP contribution in [0.2, 0.25) is 5.15 Å². The van der Waals surface area contributed by atoms with Gasteiger partial charge in [0.2, 0.25) is 0 Å². The van der Waals surface area contributed by atoms with Gasteiger partial charge >= 0.3 is 0 Å². The van der Waals surface area contributed by atoms with Gasteiger partial charge in [0.05, 0.1) is 12.0 Å². The molecule has 0 atom stereocenters. The first kappa shape index (κ1) is 13.5. The lowest BCUT2D eigenvalue weighted by Crippen LogP contribution is -2.27. The van der Waals surface area contributed by atoms with E-state index >= 15 is 0 Å². The number of rotatable bonds is 7. The molecule has 4 nitrogen and oxygen atoms in total. The van der Waals surface area contributed by atoms with Gasteiger partial charge in [0.15, 0.2) is 5.15 Å². The first-order valence-electron chi connectivity index (χ1n) is 5.71. The molecule has 0 saturated heterocycles. The van der Waals surface area contributed by atoms with Gasteiger partial charge in [-0.15, -0.1) is 0 Å². The summed E-state index contributed by atoms with van der Waals surface area (Å²) < 4.78 is 2.14. The average molecular weight is 245 g/mol. The van der Waals surface area contributed by atoms with Gasteiger partial charge in [-0.1, -0.05) is 18.5 Å². The van der Waals surface area contributed by atoms with Crippen LogP contribution in [-0.4, -0.2) is 41.6 Å². The number of nitrogens with one attached hydrogen (secondary N) is 1. The summed E-state index contributed by atoms with van der Waals surface area (Å²) in [5, 5.41) is 3.76. The lowest BCUT2D eigenvalue weighted by Gasteiger charge is -2.17. The zero-order valence-electron chi connectivity index (χ0n) is 10.3. The molecule has 0 aliphatic heterocycles. The van der Waals surface area contributed by atoms with Crippen molar-refractivity contribution >= 4 is 11.6 Å². The Bertz CT molecular complexity index is 311. The molecule has 92 valence electrons. The average Bonchev–Trinajstić information content (AvgIpc) is 2.59. The molecule has 1 rings (SSSR count). The Morgan fingerprint density at radius 2 is 2.31 bits per heavy atom. The molecular weight excluding hydrogens is 224 g/mol. The van der Waals surface area contributed by atoms with Crippen LogP contribution < -0.4 is 5.32 Å². The fourth-order valence-electron chi connectivity index (χ4n) is 1.61. The van der Waals surface area contributed by atoms with Crippen LogP contribution in [0.1, 0.15) is 19.0 Å². The largest absolute Gasteiger partial charge is 0.332 e. The summed E-state index contributed by atoms with van der Waals surface area (Å²) in [4.78, 5) is 6.40. The van der Waals surface area contributed by atoms with E-state index < -0.39 is 0 Å². The minimum atomic E-state index is 0.629. The van der Waals surface area contributed by atoms with Crippen molar-refractivity contribution in [3.05, 3.63) is 17.2 Å². The third kappa shape index (κ3) is 3.77. The molecule has 1 heterocycles. The molecule has 0 unspecified atom stereocenters. The van der Waals surface area contributed by atoms with E-state index in [-0.39, 0.29) is 0 Å². The highest BCUT2D eigenvalue weighted by molar-refractivity contribution is 6.30. The van der Waals surface area contributed by atoms with Crippen molar-refractivity contribution in [3.8, 4) is 0 Å². The Morgan fingerprint density at radius 1 is 1.56 bits per heavy atom. The highest BCUT2D eigenvalue weighted by Crippen LogP contribution is 2.15. The summed E-state index contributed by atoms with van der Waals surface area (Å²) in [6.45, 7) is 5.97. The highest BCUT2D eigenvalue weighted by atomic mass is 35.5. The molecule has 0 spiro atoms. The Labute approximate surface area is 103 Å². The predicted molar refractivity (Wildman–Crippen MR) is 67.8 cm³/mol. The predicted octanol–water partition coefficient (Wildman–Crippen LogP) is 1.60. The number of hydrogen-bond acceptors (Lipinski definition) is 3. The van der Waals surface area contributed by atoms with E-state index in [0.29, 0.717) is 5.15 Å². The molecule has 0 aliphatic rings. The minimum Gasteiger partial charge on any atom is -0.332 e. The fourth-order valence-corrected chi connectivity index (χ4v) is 1.82. The zero-order chi connectivity index (χ0) is 12.0. The second-order valence-corrected chi connectivity index (χ2v) is 4.37. The number of imidazole rings is 1. The summed E-state index contributed by atoms with van der Waals surface area (Å²) in [5.74, 6) is 0. The van der Waals surface area contributed by atoms with Crippen molar-refractivity contribution in [1.29, 1.82) is 0 Å². The molecule has 1 aromatic rings. The highest BCUT2D eigenvalue weighted by Gasteiger charge is 2.10.